The summed E-state index contributed by atoms with van der Waals surface area (Å²) in [5.74, 6) is 0.0310. The van der Waals surface area contributed by atoms with Crippen molar-refractivity contribution in [3.8, 4) is 0 Å². The van der Waals surface area contributed by atoms with Gasteiger partial charge in [0.1, 0.15) is 12.5 Å². The minimum atomic E-state index is -4.34. The van der Waals surface area contributed by atoms with Crippen LogP contribution in [-0.4, -0.2) is 66.7 Å². The maximum absolute atomic E-state index is 12.1. The highest BCUT2D eigenvalue weighted by Crippen LogP contribution is 2.43. The molecule has 0 fully saturated rings. The van der Waals surface area contributed by atoms with Crippen LogP contribution in [0.5, 0.6) is 0 Å². The summed E-state index contributed by atoms with van der Waals surface area (Å²) in [6.45, 7) is 7.94. The number of phosphoric acid groups is 1. The molecule has 2 unspecified atom stereocenters. The summed E-state index contributed by atoms with van der Waals surface area (Å²) in [6.07, 6.45) is 0.656. The highest BCUT2D eigenvalue weighted by Gasteiger charge is 2.50. The van der Waals surface area contributed by atoms with Gasteiger partial charge in [-0.2, -0.15) is 0 Å². The molecule has 0 radical (unpaired) electrons. The summed E-state index contributed by atoms with van der Waals surface area (Å²) in [5.41, 5.74) is -1.89. The first kappa shape index (κ1) is 23.7. The van der Waals surface area contributed by atoms with E-state index in [1.54, 1.807) is 6.92 Å². The van der Waals surface area contributed by atoms with Crippen LogP contribution in [0.15, 0.2) is 0 Å². The van der Waals surface area contributed by atoms with Gasteiger partial charge in [0.25, 0.3) is 0 Å². The van der Waals surface area contributed by atoms with Crippen LogP contribution in [0, 0.1) is 6.57 Å². The Morgan fingerprint density at radius 3 is 2.62 bits per heavy atom. The fourth-order valence-electron chi connectivity index (χ4n) is 1.24. The number of hydrogen-bond donors (Lipinski definition) is 2. The van der Waals surface area contributed by atoms with Crippen LogP contribution in [-0.2, 0) is 27.9 Å². The van der Waals surface area contributed by atoms with Gasteiger partial charge in [-0.3, -0.25) is 13.9 Å². The Balaban J connectivity index is 4.65. The molecule has 0 saturated heterocycles. The first-order chi connectivity index (χ1) is 11.4. The predicted molar refractivity (Wildman–Crippen MR) is 91.3 cm³/mol. The maximum atomic E-state index is 12.1. The van der Waals surface area contributed by atoms with Crippen LogP contribution in [0.1, 0.15) is 13.3 Å². The molecule has 2 N–H and O–H groups in total. The lowest BCUT2D eigenvalue weighted by molar-refractivity contribution is -0.151. The lowest BCUT2D eigenvalue weighted by Crippen LogP contribution is -2.45. The van der Waals surface area contributed by atoms with E-state index in [0.29, 0.717) is 6.42 Å². The third-order valence-corrected chi connectivity index (χ3v) is 5.60. The van der Waals surface area contributed by atoms with Crippen molar-refractivity contribution >= 4 is 35.4 Å². The Morgan fingerprint density at radius 1 is 1.38 bits per heavy atom. The van der Waals surface area contributed by atoms with Gasteiger partial charge in [-0.15, -0.1) is 0 Å². The van der Waals surface area contributed by atoms with Crippen LogP contribution in [0.25, 0.3) is 4.85 Å². The summed E-state index contributed by atoms with van der Waals surface area (Å²) >= 11 is 0. The molecule has 0 aliphatic rings. The van der Waals surface area contributed by atoms with Crippen LogP contribution in [0.3, 0.4) is 0 Å². The molecule has 0 heterocycles. The van der Waals surface area contributed by atoms with Gasteiger partial charge >= 0.3 is 19.3 Å². The molecule has 140 valence electrons. The lowest BCUT2D eigenvalue weighted by Gasteiger charge is -2.20. The van der Waals surface area contributed by atoms with Crippen LogP contribution in [0.2, 0.25) is 0 Å². The second-order valence-electron chi connectivity index (χ2n) is 4.27. The number of carbonyl (C=O) groups is 1. The quantitative estimate of drug-likeness (QED) is 0.111. The maximum Gasteiger partial charge on any atom is 0.472 e. The standard InChI is InChI=1S/C12H22NO8PS2/c1-4-20-11(15)12(13-2,9-21-22(16,17)18-3)8-19-10-24-23-7-5-6-14/h14H,4-10H2,1,3H3,(H,16,17). The lowest BCUT2D eigenvalue weighted by atomic mass is 10.0. The third kappa shape index (κ3) is 9.25. The van der Waals surface area contributed by atoms with Crippen LogP contribution in [0.4, 0.5) is 0 Å². The van der Waals surface area contributed by atoms with Crippen molar-refractivity contribution < 1.29 is 37.9 Å². The number of esters is 1. The van der Waals surface area contributed by atoms with E-state index in [9.17, 15) is 14.3 Å². The smallest absolute Gasteiger partial charge is 0.460 e. The number of nitrogens with zero attached hydrogens (tertiary/aromatic N) is 1. The molecule has 0 bridgehead atoms. The molecule has 0 aromatic carbocycles. The Labute approximate surface area is 149 Å². The molecule has 0 rings (SSSR count). The summed E-state index contributed by atoms with van der Waals surface area (Å²) in [7, 11) is -0.531. The number of phosphoric ester groups is 1. The van der Waals surface area contributed by atoms with Crippen molar-refractivity contribution in [2.75, 3.05) is 45.2 Å². The molecule has 0 aromatic heterocycles. The van der Waals surface area contributed by atoms with E-state index in [1.165, 1.54) is 21.6 Å². The SMILES string of the molecule is [C-]#[N+]C(COCSSCCCO)(COP(=O)(O)OC)C(=O)OCC. The summed E-state index contributed by atoms with van der Waals surface area (Å²) < 4.78 is 30.5. The first-order valence-electron chi connectivity index (χ1n) is 6.89. The van der Waals surface area contributed by atoms with Crippen molar-refractivity contribution in [2.45, 2.75) is 18.9 Å². The predicted octanol–water partition coefficient (Wildman–Crippen LogP) is 1.71. The number of ether oxygens (including phenoxy) is 2. The molecule has 0 saturated carbocycles. The van der Waals surface area contributed by atoms with E-state index in [2.05, 4.69) is 13.9 Å². The van der Waals surface area contributed by atoms with Crippen molar-refractivity contribution in [1.29, 1.82) is 0 Å². The molecule has 0 spiro atoms. The van der Waals surface area contributed by atoms with Crippen molar-refractivity contribution in [1.82, 2.24) is 0 Å². The summed E-state index contributed by atoms with van der Waals surface area (Å²) in [4.78, 5) is 24.5. The second-order valence-corrected chi connectivity index (χ2v) is 8.36. The highest BCUT2D eigenvalue weighted by molar-refractivity contribution is 8.76. The van der Waals surface area contributed by atoms with Gasteiger partial charge in [-0.05, 0) is 13.3 Å². The normalized spacial score (nSPS) is 16.0. The topological polar surface area (TPSA) is 116 Å². The number of aliphatic hydroxyl groups excluding tert-OH is 1. The zero-order valence-corrected chi connectivity index (χ0v) is 16.0. The Hall–Kier alpha value is -0.310. The summed E-state index contributed by atoms with van der Waals surface area (Å²) in [6, 6.07) is 0. The molecule has 9 nitrogen and oxygen atoms in total. The molecule has 0 aliphatic heterocycles. The number of hydrogen-bond acceptors (Lipinski definition) is 9. The highest BCUT2D eigenvalue weighted by atomic mass is 33.1. The van der Waals surface area contributed by atoms with Crippen molar-refractivity contribution in [3.63, 3.8) is 0 Å². The minimum Gasteiger partial charge on any atom is -0.460 e. The number of aliphatic hydroxyl groups is 1. The van der Waals surface area contributed by atoms with Gasteiger partial charge in [-0.25, -0.2) is 15.9 Å². The zero-order chi connectivity index (χ0) is 18.5. The molecule has 0 aromatic rings. The van der Waals surface area contributed by atoms with E-state index >= 15 is 0 Å². The third-order valence-electron chi connectivity index (χ3n) is 2.51. The Bertz CT molecular complexity index is 461. The van der Waals surface area contributed by atoms with Crippen LogP contribution >= 0.6 is 29.4 Å². The Morgan fingerprint density at radius 2 is 2.08 bits per heavy atom. The molecule has 12 heteroatoms. The average molecular weight is 403 g/mol. The van der Waals surface area contributed by atoms with E-state index in [-0.39, 0.29) is 25.8 Å². The second kappa shape index (κ2) is 13.0. The zero-order valence-electron chi connectivity index (χ0n) is 13.5. The summed E-state index contributed by atoms with van der Waals surface area (Å²) in [5, 5.41) is 8.66. The molecule has 2 atom stereocenters. The monoisotopic (exact) mass is 403 g/mol. The fourth-order valence-corrected chi connectivity index (χ4v) is 3.42. The molecular formula is C12H22NO8PS2. The fraction of sp³-hybridized carbons (Fsp3) is 0.833. The van der Waals surface area contributed by atoms with Crippen LogP contribution < -0.4 is 0 Å². The van der Waals surface area contributed by atoms with E-state index in [4.69, 9.17) is 21.2 Å². The van der Waals surface area contributed by atoms with Gasteiger partial charge in [-0.1, -0.05) is 21.6 Å². The minimum absolute atomic E-state index is 0.0446. The molecule has 0 amide bonds. The van der Waals surface area contributed by atoms with Gasteiger partial charge in [0.15, 0.2) is 6.61 Å². The van der Waals surface area contributed by atoms with Gasteiger partial charge in [0.2, 0.25) is 0 Å². The number of carbonyl (C=O) groups excluding carboxylic acids is 1. The van der Waals surface area contributed by atoms with Crippen molar-refractivity contribution in [3.05, 3.63) is 11.4 Å². The molecule has 0 aliphatic carbocycles. The Kier molecular flexibility index (Phi) is 12.8. The molecular weight excluding hydrogens is 381 g/mol. The van der Waals surface area contributed by atoms with E-state index < -0.39 is 25.9 Å². The van der Waals surface area contributed by atoms with E-state index in [0.717, 1.165) is 12.9 Å². The number of rotatable bonds is 14. The van der Waals surface area contributed by atoms with Gasteiger partial charge in [0, 0.05) is 19.5 Å². The van der Waals surface area contributed by atoms with Crippen molar-refractivity contribution in [2.24, 2.45) is 0 Å². The van der Waals surface area contributed by atoms with E-state index in [1.807, 2.05) is 0 Å². The van der Waals surface area contributed by atoms with Gasteiger partial charge in [0.05, 0.1) is 6.61 Å². The largest absolute Gasteiger partial charge is 0.472 e. The van der Waals surface area contributed by atoms with Gasteiger partial charge < -0.3 is 19.5 Å². The molecule has 24 heavy (non-hydrogen) atoms. The average Bonchev–Trinajstić information content (AvgIpc) is 2.57. The first-order valence-corrected chi connectivity index (χ1v) is 10.9.